The minimum Gasteiger partial charge on any atom is -0.377 e. The van der Waals surface area contributed by atoms with Crippen LogP contribution in [0.4, 0.5) is 5.82 Å². The van der Waals surface area contributed by atoms with Gasteiger partial charge in [0.2, 0.25) is 0 Å². The van der Waals surface area contributed by atoms with Gasteiger partial charge in [-0.3, -0.25) is 4.79 Å². The van der Waals surface area contributed by atoms with E-state index in [4.69, 9.17) is 4.74 Å². The Morgan fingerprint density at radius 2 is 2.12 bits per heavy atom. The lowest BCUT2D eigenvalue weighted by Gasteiger charge is -2.21. The standard InChI is InChI=1S/C18H20N6O2/c1-11-2-5-17(25)24(21-11)16-10-26-9-14(16)20-18-15-8-13(12-3-4-12)22-23(15)7-6-19-18/h2,5-8,12,14,16H,3-4,9-10H2,1H3,(H,19,20). The number of nitrogens with zero attached hydrogens (tertiary/aromatic N) is 5. The quantitative estimate of drug-likeness (QED) is 0.766. The zero-order chi connectivity index (χ0) is 17.7. The van der Waals surface area contributed by atoms with Gasteiger partial charge in [-0.05, 0) is 31.9 Å². The third kappa shape index (κ3) is 2.66. The predicted molar refractivity (Wildman–Crippen MR) is 95.5 cm³/mol. The molecule has 3 aromatic rings. The average molecular weight is 352 g/mol. The molecule has 8 nitrogen and oxygen atoms in total. The Balaban J connectivity index is 1.47. The molecule has 0 radical (unpaired) electrons. The van der Waals surface area contributed by atoms with E-state index in [9.17, 15) is 4.79 Å². The lowest BCUT2D eigenvalue weighted by atomic mass is 10.1. The second-order valence-electron chi connectivity index (χ2n) is 7.06. The van der Waals surface area contributed by atoms with E-state index in [0.29, 0.717) is 19.1 Å². The Bertz CT molecular complexity index is 1020. The summed E-state index contributed by atoms with van der Waals surface area (Å²) in [6.45, 7) is 2.82. The number of aromatic nitrogens is 5. The van der Waals surface area contributed by atoms with Gasteiger partial charge in [-0.1, -0.05) is 0 Å². The third-order valence-corrected chi connectivity index (χ3v) is 5.05. The fourth-order valence-electron chi connectivity index (χ4n) is 3.49. The Morgan fingerprint density at radius 1 is 1.23 bits per heavy atom. The summed E-state index contributed by atoms with van der Waals surface area (Å²) >= 11 is 0. The van der Waals surface area contributed by atoms with Crippen LogP contribution in [0.15, 0.2) is 35.4 Å². The summed E-state index contributed by atoms with van der Waals surface area (Å²) < 4.78 is 9.03. The van der Waals surface area contributed by atoms with Crippen LogP contribution in [0.5, 0.6) is 0 Å². The van der Waals surface area contributed by atoms with Crippen LogP contribution in [0.1, 0.15) is 36.2 Å². The topological polar surface area (TPSA) is 86.3 Å². The van der Waals surface area contributed by atoms with Crippen molar-refractivity contribution in [3.63, 3.8) is 0 Å². The van der Waals surface area contributed by atoms with Crippen molar-refractivity contribution in [3.05, 3.63) is 52.3 Å². The van der Waals surface area contributed by atoms with Crippen molar-refractivity contribution in [3.8, 4) is 0 Å². The molecule has 3 aromatic heterocycles. The van der Waals surface area contributed by atoms with E-state index in [1.54, 1.807) is 18.3 Å². The molecule has 1 N–H and O–H groups in total. The molecule has 0 spiro atoms. The summed E-state index contributed by atoms with van der Waals surface area (Å²) in [4.78, 5) is 16.7. The van der Waals surface area contributed by atoms with E-state index in [0.717, 1.165) is 22.7 Å². The largest absolute Gasteiger partial charge is 0.377 e. The van der Waals surface area contributed by atoms with Gasteiger partial charge in [-0.25, -0.2) is 14.2 Å². The molecule has 8 heteroatoms. The second-order valence-corrected chi connectivity index (χ2v) is 7.06. The highest BCUT2D eigenvalue weighted by molar-refractivity contribution is 5.68. The maximum atomic E-state index is 12.2. The Kier molecular flexibility index (Phi) is 3.53. The van der Waals surface area contributed by atoms with Crippen molar-refractivity contribution >= 4 is 11.3 Å². The first-order chi connectivity index (χ1) is 12.7. The van der Waals surface area contributed by atoms with Gasteiger partial charge in [0, 0.05) is 24.4 Å². The van der Waals surface area contributed by atoms with Gasteiger partial charge < -0.3 is 10.1 Å². The van der Waals surface area contributed by atoms with Gasteiger partial charge in [-0.2, -0.15) is 10.2 Å². The molecule has 1 saturated carbocycles. The number of ether oxygens (including phenoxy) is 1. The van der Waals surface area contributed by atoms with Crippen molar-refractivity contribution in [1.29, 1.82) is 0 Å². The molecular formula is C18H20N6O2. The molecule has 134 valence electrons. The fraction of sp³-hybridized carbons (Fsp3) is 0.444. The van der Waals surface area contributed by atoms with E-state index >= 15 is 0 Å². The molecule has 5 rings (SSSR count). The molecule has 0 bridgehead atoms. The second kappa shape index (κ2) is 5.91. The molecule has 26 heavy (non-hydrogen) atoms. The summed E-state index contributed by atoms with van der Waals surface area (Å²) in [5, 5.41) is 12.5. The van der Waals surface area contributed by atoms with Crippen LogP contribution >= 0.6 is 0 Å². The molecule has 1 aliphatic carbocycles. The smallest absolute Gasteiger partial charge is 0.267 e. The van der Waals surface area contributed by atoms with Crippen LogP contribution in [0.2, 0.25) is 0 Å². The van der Waals surface area contributed by atoms with Crippen LogP contribution in [-0.4, -0.2) is 43.6 Å². The van der Waals surface area contributed by atoms with Crippen LogP contribution in [-0.2, 0) is 4.74 Å². The molecule has 1 aliphatic heterocycles. The highest BCUT2D eigenvalue weighted by Crippen LogP contribution is 2.40. The zero-order valence-corrected chi connectivity index (χ0v) is 14.5. The Labute approximate surface area is 149 Å². The fourth-order valence-corrected chi connectivity index (χ4v) is 3.49. The maximum absolute atomic E-state index is 12.2. The van der Waals surface area contributed by atoms with E-state index < -0.39 is 0 Å². The van der Waals surface area contributed by atoms with Crippen LogP contribution in [0.25, 0.3) is 5.52 Å². The first-order valence-corrected chi connectivity index (χ1v) is 8.94. The molecule has 2 unspecified atom stereocenters. The molecule has 2 fully saturated rings. The van der Waals surface area contributed by atoms with Gasteiger partial charge in [0.15, 0.2) is 5.82 Å². The van der Waals surface area contributed by atoms with Crippen LogP contribution in [0, 0.1) is 6.92 Å². The Morgan fingerprint density at radius 3 is 2.96 bits per heavy atom. The zero-order valence-electron chi connectivity index (χ0n) is 14.5. The van der Waals surface area contributed by atoms with Crippen LogP contribution in [0.3, 0.4) is 0 Å². The molecule has 0 aromatic carbocycles. The van der Waals surface area contributed by atoms with Gasteiger partial charge >= 0.3 is 0 Å². The van der Waals surface area contributed by atoms with Gasteiger partial charge in [-0.15, -0.1) is 0 Å². The summed E-state index contributed by atoms with van der Waals surface area (Å²) in [7, 11) is 0. The highest BCUT2D eigenvalue weighted by atomic mass is 16.5. The molecule has 2 aliphatic rings. The SMILES string of the molecule is Cc1ccc(=O)n(C2COCC2Nc2nccn3nc(C4CC4)cc23)n1. The molecule has 1 saturated heterocycles. The molecule has 4 heterocycles. The number of hydrogen-bond donors (Lipinski definition) is 1. The lowest BCUT2D eigenvalue weighted by molar-refractivity contribution is 0.182. The molecule has 2 atom stereocenters. The van der Waals surface area contributed by atoms with E-state index in [2.05, 4.69) is 26.6 Å². The maximum Gasteiger partial charge on any atom is 0.267 e. The summed E-state index contributed by atoms with van der Waals surface area (Å²) in [6.07, 6.45) is 6.02. The first-order valence-electron chi connectivity index (χ1n) is 8.94. The van der Waals surface area contributed by atoms with Crippen molar-refractivity contribution in [1.82, 2.24) is 24.4 Å². The minimum atomic E-state index is -0.171. The van der Waals surface area contributed by atoms with Crippen LogP contribution < -0.4 is 10.9 Å². The molecule has 0 amide bonds. The van der Waals surface area contributed by atoms with E-state index in [1.165, 1.54) is 17.5 Å². The lowest BCUT2D eigenvalue weighted by Crippen LogP contribution is -2.37. The predicted octanol–water partition coefficient (Wildman–Crippen LogP) is 1.52. The normalized spacial score (nSPS) is 22.8. The summed E-state index contributed by atoms with van der Waals surface area (Å²) in [5.74, 6) is 1.34. The van der Waals surface area contributed by atoms with Crippen molar-refractivity contribution < 1.29 is 4.74 Å². The van der Waals surface area contributed by atoms with E-state index in [1.807, 2.05) is 17.6 Å². The van der Waals surface area contributed by atoms with Crippen molar-refractivity contribution in [2.45, 2.75) is 37.8 Å². The number of rotatable bonds is 4. The van der Waals surface area contributed by atoms with E-state index in [-0.39, 0.29) is 17.6 Å². The minimum absolute atomic E-state index is 0.0834. The van der Waals surface area contributed by atoms with Crippen molar-refractivity contribution in [2.75, 3.05) is 18.5 Å². The summed E-state index contributed by atoms with van der Waals surface area (Å²) in [5.41, 5.74) is 2.76. The van der Waals surface area contributed by atoms with Gasteiger partial charge in [0.1, 0.15) is 11.6 Å². The molecular weight excluding hydrogens is 332 g/mol. The highest BCUT2D eigenvalue weighted by Gasteiger charge is 2.32. The average Bonchev–Trinajstić information content (AvgIpc) is 3.23. The number of fused-ring (bicyclic) bond motifs is 1. The number of hydrogen-bond acceptors (Lipinski definition) is 6. The van der Waals surface area contributed by atoms with Gasteiger partial charge in [0.05, 0.1) is 30.6 Å². The van der Waals surface area contributed by atoms with Gasteiger partial charge in [0.25, 0.3) is 5.56 Å². The number of nitrogens with one attached hydrogen (secondary N) is 1. The summed E-state index contributed by atoms with van der Waals surface area (Å²) in [6, 6.07) is 5.13. The monoisotopic (exact) mass is 352 g/mol. The number of aryl methyl sites for hydroxylation is 1. The first kappa shape index (κ1) is 15.5. The third-order valence-electron chi connectivity index (χ3n) is 5.05. The van der Waals surface area contributed by atoms with Crippen molar-refractivity contribution in [2.24, 2.45) is 0 Å². The Hall–Kier alpha value is -2.74. The number of anilines is 1.